The molecule has 7 nitrogen and oxygen atoms in total. The molecule has 2 aromatic heterocycles. The zero-order chi connectivity index (χ0) is 19.7. The van der Waals surface area contributed by atoms with E-state index in [1.165, 1.54) is 19.3 Å². The number of fused-ring (bicyclic) bond motifs is 3. The number of hydrogen-bond acceptors (Lipinski definition) is 4. The third-order valence-electron chi connectivity index (χ3n) is 5.99. The summed E-state index contributed by atoms with van der Waals surface area (Å²) in [5.74, 6) is 1.93. The predicted octanol–water partition coefficient (Wildman–Crippen LogP) is 4.05. The van der Waals surface area contributed by atoms with E-state index in [2.05, 4.69) is 40.2 Å². The van der Waals surface area contributed by atoms with Gasteiger partial charge in [0.25, 0.3) is 0 Å². The molecule has 8 heteroatoms. The lowest BCUT2D eigenvalue weighted by Crippen LogP contribution is -2.41. The van der Waals surface area contributed by atoms with Crippen molar-refractivity contribution < 1.29 is 9.53 Å². The number of nitrogens with zero attached hydrogens (tertiary/aromatic N) is 3. The first kappa shape index (κ1) is 19.4. The minimum Gasteiger partial charge on any atom is -0.361 e. The Bertz CT molecular complexity index is 847. The Balaban J connectivity index is 1.31. The summed E-state index contributed by atoms with van der Waals surface area (Å²) >= 11 is 0. The predicted molar refractivity (Wildman–Crippen MR) is 113 cm³/mol. The van der Waals surface area contributed by atoms with Gasteiger partial charge in [0.2, 0.25) is 0 Å². The van der Waals surface area contributed by atoms with Gasteiger partial charge >= 0.3 is 6.03 Å². The Morgan fingerprint density at radius 1 is 1.32 bits per heavy atom. The normalized spacial score (nSPS) is 24.0. The molecule has 2 saturated carbocycles. The molecule has 3 atom stereocenters. The van der Waals surface area contributed by atoms with Crippen LogP contribution in [-0.2, 0) is 11.5 Å². The fourth-order valence-corrected chi connectivity index (χ4v) is 5.17. The molecule has 2 aromatic rings. The summed E-state index contributed by atoms with van der Waals surface area (Å²) in [6.07, 6.45) is 8.49. The lowest BCUT2D eigenvalue weighted by Gasteiger charge is -2.22. The number of rotatable bonds is 7. The topological polar surface area (TPSA) is 81.1 Å². The highest BCUT2D eigenvalue weighted by atomic mass is 28.3. The van der Waals surface area contributed by atoms with Crippen molar-refractivity contribution in [2.45, 2.75) is 64.1 Å². The summed E-state index contributed by atoms with van der Waals surface area (Å²) in [7, 11) is -1.08. The number of urea groups is 1. The molecular formula is C20H31N5O2Si. The van der Waals surface area contributed by atoms with Crippen LogP contribution in [0.2, 0.25) is 25.7 Å². The molecule has 4 rings (SSSR count). The first-order chi connectivity index (χ1) is 13.4. The summed E-state index contributed by atoms with van der Waals surface area (Å²) in [5.41, 5.74) is 1.53. The zero-order valence-electron chi connectivity index (χ0n) is 17.1. The number of ether oxygens (including phenoxy) is 1. The van der Waals surface area contributed by atoms with Crippen molar-refractivity contribution in [3.63, 3.8) is 0 Å². The molecule has 2 amide bonds. The van der Waals surface area contributed by atoms with Crippen LogP contribution in [0.1, 0.15) is 25.7 Å². The van der Waals surface area contributed by atoms with Crippen LogP contribution in [0.15, 0.2) is 18.5 Å². The Morgan fingerprint density at radius 3 is 2.89 bits per heavy atom. The molecule has 2 fully saturated rings. The van der Waals surface area contributed by atoms with Gasteiger partial charge in [-0.2, -0.15) is 0 Å². The van der Waals surface area contributed by atoms with E-state index in [9.17, 15) is 4.79 Å². The Kier molecular flexibility index (Phi) is 5.42. The second kappa shape index (κ2) is 7.83. The standard InChI is InChI=1S/C20H31N5O2Si/c1-28(2,3)9-8-27-13-25-7-6-16-19(25)21-12-18(22-16)24-20(26)23-17-11-14-4-5-15(17)10-14/h6-7,12,14-15,17H,4-5,8-11,13H2,1-3H3,(H2,22,23,24,26). The number of hydrogen-bond donors (Lipinski definition) is 2. The van der Waals surface area contributed by atoms with Gasteiger partial charge in [-0.25, -0.2) is 14.8 Å². The molecule has 2 bridgehead atoms. The van der Waals surface area contributed by atoms with Crippen molar-refractivity contribution in [3.8, 4) is 0 Å². The molecular weight excluding hydrogens is 370 g/mol. The van der Waals surface area contributed by atoms with Crippen molar-refractivity contribution in [2.24, 2.45) is 11.8 Å². The summed E-state index contributed by atoms with van der Waals surface area (Å²) in [4.78, 5) is 21.3. The van der Waals surface area contributed by atoms with E-state index in [1.807, 2.05) is 16.8 Å². The molecule has 3 unspecified atom stereocenters. The highest BCUT2D eigenvalue weighted by molar-refractivity contribution is 6.76. The van der Waals surface area contributed by atoms with Gasteiger partial charge in [-0.3, -0.25) is 5.32 Å². The maximum absolute atomic E-state index is 12.3. The fourth-order valence-electron chi connectivity index (χ4n) is 4.41. The summed E-state index contributed by atoms with van der Waals surface area (Å²) in [5, 5.41) is 5.96. The SMILES string of the molecule is C[Si](C)(C)CCOCn1ccc2nc(NC(=O)NC3CC4CCC3C4)cnc21. The Morgan fingerprint density at radius 2 is 2.18 bits per heavy atom. The van der Waals surface area contributed by atoms with E-state index in [4.69, 9.17) is 4.74 Å². The van der Waals surface area contributed by atoms with Crippen molar-refractivity contribution in [3.05, 3.63) is 18.5 Å². The first-order valence-corrected chi connectivity index (χ1v) is 14.1. The third-order valence-corrected chi connectivity index (χ3v) is 7.69. The molecule has 2 N–H and O–H groups in total. The van der Waals surface area contributed by atoms with Gasteiger partial charge < -0.3 is 14.6 Å². The average molecular weight is 402 g/mol. The lowest BCUT2D eigenvalue weighted by atomic mass is 9.95. The van der Waals surface area contributed by atoms with E-state index < -0.39 is 8.07 Å². The average Bonchev–Trinajstić information content (AvgIpc) is 3.33. The second-order valence-corrected chi connectivity index (χ2v) is 15.1. The number of carbonyl (C=O) groups excluding carboxylic acids is 1. The van der Waals surface area contributed by atoms with E-state index in [1.54, 1.807) is 6.20 Å². The van der Waals surface area contributed by atoms with Gasteiger partial charge in [-0.15, -0.1) is 0 Å². The number of nitrogens with one attached hydrogen (secondary N) is 2. The second-order valence-electron chi connectivity index (χ2n) is 9.48. The van der Waals surface area contributed by atoms with E-state index in [-0.39, 0.29) is 6.03 Å². The van der Waals surface area contributed by atoms with Gasteiger partial charge in [0.1, 0.15) is 12.2 Å². The zero-order valence-corrected chi connectivity index (χ0v) is 18.1. The molecule has 0 aliphatic heterocycles. The number of amides is 2. The molecule has 152 valence electrons. The van der Waals surface area contributed by atoms with Gasteiger partial charge in [-0.1, -0.05) is 26.1 Å². The number of carbonyl (C=O) groups is 1. The smallest absolute Gasteiger partial charge is 0.320 e. The maximum atomic E-state index is 12.3. The summed E-state index contributed by atoms with van der Waals surface area (Å²) in [6, 6.07) is 3.18. The molecule has 2 aliphatic rings. The minimum absolute atomic E-state index is 0.180. The van der Waals surface area contributed by atoms with Gasteiger partial charge in [0, 0.05) is 26.9 Å². The van der Waals surface area contributed by atoms with Crippen LogP contribution in [0.3, 0.4) is 0 Å². The van der Waals surface area contributed by atoms with Crippen LogP contribution in [0.25, 0.3) is 11.2 Å². The van der Waals surface area contributed by atoms with Crippen molar-refractivity contribution in [1.82, 2.24) is 19.9 Å². The molecule has 2 aliphatic carbocycles. The van der Waals surface area contributed by atoms with Gasteiger partial charge in [-0.05, 0) is 43.2 Å². The van der Waals surface area contributed by atoms with Crippen molar-refractivity contribution >= 4 is 31.1 Å². The van der Waals surface area contributed by atoms with Crippen molar-refractivity contribution in [1.29, 1.82) is 0 Å². The molecule has 0 aromatic carbocycles. The third kappa shape index (κ3) is 4.55. The van der Waals surface area contributed by atoms with Crippen LogP contribution in [-0.4, -0.2) is 41.3 Å². The fraction of sp³-hybridized carbons (Fsp3) is 0.650. The van der Waals surface area contributed by atoms with Gasteiger partial charge in [0.15, 0.2) is 11.5 Å². The van der Waals surface area contributed by atoms with E-state index in [0.29, 0.717) is 24.5 Å². The number of aromatic nitrogens is 3. The number of anilines is 1. The van der Waals surface area contributed by atoms with Crippen molar-refractivity contribution in [2.75, 3.05) is 11.9 Å². The lowest BCUT2D eigenvalue weighted by molar-refractivity contribution is 0.0899. The highest BCUT2D eigenvalue weighted by Gasteiger charge is 2.40. The Labute approximate surface area is 167 Å². The highest BCUT2D eigenvalue weighted by Crippen LogP contribution is 2.44. The monoisotopic (exact) mass is 401 g/mol. The first-order valence-electron chi connectivity index (χ1n) is 10.3. The summed E-state index contributed by atoms with van der Waals surface area (Å²) < 4.78 is 7.76. The maximum Gasteiger partial charge on any atom is 0.320 e. The van der Waals surface area contributed by atoms with Crippen LogP contribution in [0.4, 0.5) is 10.6 Å². The van der Waals surface area contributed by atoms with E-state index >= 15 is 0 Å². The van der Waals surface area contributed by atoms with Gasteiger partial charge in [0.05, 0.1) is 6.20 Å². The quantitative estimate of drug-likeness (QED) is 0.542. The molecule has 2 heterocycles. The van der Waals surface area contributed by atoms with Crippen LogP contribution in [0.5, 0.6) is 0 Å². The Hall–Kier alpha value is -1.93. The molecule has 0 saturated heterocycles. The van der Waals surface area contributed by atoms with Crippen LogP contribution in [0, 0.1) is 11.8 Å². The van der Waals surface area contributed by atoms with Crippen LogP contribution < -0.4 is 10.6 Å². The molecule has 0 spiro atoms. The summed E-state index contributed by atoms with van der Waals surface area (Å²) in [6.45, 7) is 8.27. The minimum atomic E-state index is -1.08. The van der Waals surface area contributed by atoms with Crippen LogP contribution >= 0.6 is 0 Å². The molecule has 28 heavy (non-hydrogen) atoms. The largest absolute Gasteiger partial charge is 0.361 e. The molecule has 0 radical (unpaired) electrons. The van der Waals surface area contributed by atoms with E-state index in [0.717, 1.165) is 36.2 Å².